The number of aryl methyl sites for hydroxylation is 2. The van der Waals surface area contributed by atoms with Crippen LogP contribution in [0.4, 0.5) is 9.52 Å². The largest absolute Gasteiger partial charge is 0.352 e. The van der Waals surface area contributed by atoms with Gasteiger partial charge in [-0.1, -0.05) is 13.0 Å². The molecule has 1 aliphatic rings. The number of imidazole rings is 1. The fourth-order valence-corrected chi connectivity index (χ4v) is 4.43. The van der Waals surface area contributed by atoms with Crippen molar-refractivity contribution in [2.24, 2.45) is 4.99 Å². The molecule has 11 heteroatoms. The Morgan fingerprint density at radius 2 is 2.03 bits per heavy atom. The summed E-state index contributed by atoms with van der Waals surface area (Å²) in [6.07, 6.45) is 4.29. The Morgan fingerprint density at radius 1 is 1.25 bits per heavy atom. The van der Waals surface area contributed by atoms with Gasteiger partial charge in [0.05, 0.1) is 5.69 Å². The maximum atomic E-state index is 14.7. The van der Waals surface area contributed by atoms with E-state index in [4.69, 9.17) is 0 Å². The molecule has 0 aliphatic carbocycles. The van der Waals surface area contributed by atoms with Crippen molar-refractivity contribution in [1.29, 1.82) is 0 Å². The van der Waals surface area contributed by atoms with Crippen molar-refractivity contribution in [2.45, 2.75) is 26.8 Å². The van der Waals surface area contributed by atoms with Crippen LogP contribution in [-0.4, -0.2) is 63.0 Å². The van der Waals surface area contributed by atoms with E-state index in [1.807, 2.05) is 13.0 Å². The topological polar surface area (TPSA) is 74.5 Å². The molecule has 1 fully saturated rings. The number of anilines is 1. The van der Waals surface area contributed by atoms with Gasteiger partial charge in [0, 0.05) is 70.1 Å². The van der Waals surface area contributed by atoms with Gasteiger partial charge in [-0.2, -0.15) is 4.37 Å². The maximum absolute atomic E-state index is 14.7. The van der Waals surface area contributed by atoms with Crippen molar-refractivity contribution in [3.8, 4) is 5.69 Å². The van der Waals surface area contributed by atoms with E-state index in [1.165, 1.54) is 11.5 Å². The third kappa shape index (κ3) is 5.37. The van der Waals surface area contributed by atoms with Crippen LogP contribution in [0.25, 0.3) is 5.69 Å². The van der Waals surface area contributed by atoms with Crippen LogP contribution in [0.3, 0.4) is 0 Å². The number of nitrogens with one attached hydrogen (secondary N) is 1. The number of hydrogen-bond acceptors (Lipinski definition) is 6. The highest BCUT2D eigenvalue weighted by molar-refractivity contribution is 14.0. The summed E-state index contributed by atoms with van der Waals surface area (Å²) in [6, 6.07) is 5.28. The predicted octanol–water partition coefficient (Wildman–Crippen LogP) is 3.25. The molecule has 3 heterocycles. The number of guanidine groups is 1. The minimum Gasteiger partial charge on any atom is -0.352 e. The molecule has 8 nitrogen and oxygen atoms in total. The van der Waals surface area contributed by atoms with E-state index in [1.54, 1.807) is 36.1 Å². The summed E-state index contributed by atoms with van der Waals surface area (Å²) in [7, 11) is 1.78. The summed E-state index contributed by atoms with van der Waals surface area (Å²) < 4.78 is 20.8. The van der Waals surface area contributed by atoms with Gasteiger partial charge in [0.2, 0.25) is 5.13 Å². The number of hydrogen-bond donors (Lipinski definition) is 1. The average molecular weight is 570 g/mol. The lowest BCUT2D eigenvalue weighted by molar-refractivity contribution is 0.372. The lowest BCUT2D eigenvalue weighted by atomic mass is 10.2. The van der Waals surface area contributed by atoms with E-state index < -0.39 is 0 Å². The molecule has 172 valence electrons. The maximum Gasteiger partial charge on any atom is 0.205 e. The SMILES string of the molecule is CCc1nsc(N2CCN(C(=NC)NCc3ccc(-n4ccnc4C)c(F)c3)CC2)n1.I. The first-order chi connectivity index (χ1) is 15.1. The predicted molar refractivity (Wildman–Crippen MR) is 137 cm³/mol. The third-order valence-corrected chi connectivity index (χ3v) is 6.20. The Balaban J connectivity index is 0.00000289. The van der Waals surface area contributed by atoms with E-state index in [2.05, 4.69) is 41.4 Å². The minimum absolute atomic E-state index is 0. The minimum atomic E-state index is -0.271. The first-order valence-corrected chi connectivity index (χ1v) is 11.2. The number of rotatable bonds is 5. The molecule has 1 saturated heterocycles. The van der Waals surface area contributed by atoms with E-state index in [9.17, 15) is 4.39 Å². The third-order valence-electron chi connectivity index (χ3n) is 5.38. The molecule has 2 aromatic heterocycles. The molecule has 32 heavy (non-hydrogen) atoms. The molecule has 0 spiro atoms. The van der Waals surface area contributed by atoms with E-state index in [-0.39, 0.29) is 29.8 Å². The average Bonchev–Trinajstić information content (AvgIpc) is 3.44. The lowest BCUT2D eigenvalue weighted by Gasteiger charge is -2.36. The summed E-state index contributed by atoms with van der Waals surface area (Å²) in [5.41, 5.74) is 1.36. The Kier molecular flexibility index (Phi) is 8.40. The quantitative estimate of drug-likeness (QED) is 0.289. The van der Waals surface area contributed by atoms with Crippen molar-refractivity contribution in [2.75, 3.05) is 38.1 Å². The van der Waals surface area contributed by atoms with E-state index >= 15 is 0 Å². The Hall–Kier alpha value is -2.28. The van der Waals surface area contributed by atoms with Gasteiger partial charge in [0.25, 0.3) is 0 Å². The van der Waals surface area contributed by atoms with E-state index in [0.717, 1.165) is 60.9 Å². The first kappa shape index (κ1) is 24.4. The first-order valence-electron chi connectivity index (χ1n) is 10.4. The van der Waals surface area contributed by atoms with Gasteiger partial charge in [-0.25, -0.2) is 14.4 Å². The summed E-state index contributed by atoms with van der Waals surface area (Å²) in [6.45, 7) is 7.84. The number of piperazine rings is 1. The van der Waals surface area contributed by atoms with Gasteiger partial charge in [-0.3, -0.25) is 4.99 Å². The molecule has 1 aliphatic heterocycles. The molecule has 0 saturated carbocycles. The van der Waals surface area contributed by atoms with Crippen molar-refractivity contribution < 1.29 is 4.39 Å². The molecule has 1 aromatic carbocycles. The van der Waals surface area contributed by atoms with Crippen LogP contribution in [0.2, 0.25) is 0 Å². The highest BCUT2D eigenvalue weighted by Gasteiger charge is 2.22. The van der Waals surface area contributed by atoms with Crippen LogP contribution in [0.1, 0.15) is 24.1 Å². The molecular formula is C21H28FIN8S. The van der Waals surface area contributed by atoms with Gasteiger partial charge in [0.1, 0.15) is 17.5 Å². The second kappa shape index (κ2) is 11.0. The van der Waals surface area contributed by atoms with Crippen LogP contribution in [0, 0.1) is 12.7 Å². The zero-order valence-electron chi connectivity index (χ0n) is 18.5. The molecule has 0 atom stereocenters. The Labute approximate surface area is 208 Å². The van der Waals surface area contributed by atoms with Crippen LogP contribution in [-0.2, 0) is 13.0 Å². The second-order valence-corrected chi connectivity index (χ2v) is 8.08. The van der Waals surface area contributed by atoms with Gasteiger partial charge >= 0.3 is 0 Å². The standard InChI is InChI=1S/C21H27FN8S.HI/c1-4-19-26-21(31-27-19)29-11-9-28(10-12-29)20(23-3)25-14-16-5-6-18(17(22)13-16)30-8-7-24-15(30)2;/h5-8,13H,4,9-12,14H2,1-3H3,(H,23,25);1H. The number of halogens is 2. The molecule has 1 N–H and O–H groups in total. The number of aromatic nitrogens is 4. The molecular weight excluding hydrogens is 542 g/mol. The molecule has 0 amide bonds. The summed E-state index contributed by atoms with van der Waals surface area (Å²) in [4.78, 5) is 17.7. The number of benzene rings is 1. The summed E-state index contributed by atoms with van der Waals surface area (Å²) in [5, 5.41) is 4.35. The smallest absolute Gasteiger partial charge is 0.205 e. The molecule has 0 unspecified atom stereocenters. The second-order valence-electron chi connectivity index (χ2n) is 7.35. The fourth-order valence-electron chi connectivity index (χ4n) is 3.63. The highest BCUT2D eigenvalue weighted by atomic mass is 127. The van der Waals surface area contributed by atoms with Crippen molar-refractivity contribution in [1.82, 2.24) is 29.1 Å². The van der Waals surface area contributed by atoms with Crippen molar-refractivity contribution in [3.63, 3.8) is 0 Å². The normalized spacial score (nSPS) is 14.4. The Morgan fingerprint density at radius 3 is 2.62 bits per heavy atom. The van der Waals surface area contributed by atoms with Crippen LogP contribution in [0.15, 0.2) is 35.6 Å². The molecule has 4 rings (SSSR count). The van der Waals surface area contributed by atoms with Crippen molar-refractivity contribution in [3.05, 3.63) is 53.6 Å². The lowest BCUT2D eigenvalue weighted by Crippen LogP contribution is -2.52. The fraction of sp³-hybridized carbons (Fsp3) is 0.429. The Bertz CT molecular complexity index is 1060. The summed E-state index contributed by atoms with van der Waals surface area (Å²) in [5.74, 6) is 2.21. The van der Waals surface area contributed by atoms with Gasteiger partial charge in [-0.15, -0.1) is 24.0 Å². The molecule has 0 bridgehead atoms. The van der Waals surface area contributed by atoms with Gasteiger partial charge in [-0.05, 0) is 24.6 Å². The number of nitrogens with zero attached hydrogens (tertiary/aromatic N) is 7. The zero-order chi connectivity index (χ0) is 21.8. The molecule has 0 radical (unpaired) electrons. The van der Waals surface area contributed by atoms with Gasteiger partial charge in [0.15, 0.2) is 5.96 Å². The van der Waals surface area contributed by atoms with Crippen LogP contribution >= 0.6 is 35.5 Å². The van der Waals surface area contributed by atoms with Gasteiger partial charge < -0.3 is 19.7 Å². The number of aliphatic imine (C=N–C) groups is 1. The monoisotopic (exact) mass is 570 g/mol. The summed E-state index contributed by atoms with van der Waals surface area (Å²) >= 11 is 1.47. The molecule has 3 aromatic rings. The highest BCUT2D eigenvalue weighted by Crippen LogP contribution is 2.20. The van der Waals surface area contributed by atoms with Crippen LogP contribution in [0.5, 0.6) is 0 Å². The van der Waals surface area contributed by atoms with E-state index in [0.29, 0.717) is 12.2 Å². The zero-order valence-corrected chi connectivity index (χ0v) is 21.6. The van der Waals surface area contributed by atoms with Crippen molar-refractivity contribution >= 4 is 46.6 Å². The van der Waals surface area contributed by atoms with Crippen LogP contribution < -0.4 is 10.2 Å².